The first-order valence-corrected chi connectivity index (χ1v) is 12.3. The molecule has 5 rings (SSSR count). The van der Waals surface area contributed by atoms with E-state index in [-0.39, 0.29) is 0 Å². The second-order valence-corrected chi connectivity index (χ2v) is 9.17. The Bertz CT molecular complexity index is 1040. The van der Waals surface area contributed by atoms with Gasteiger partial charge in [-0.05, 0) is 49.6 Å². The first-order chi connectivity index (χ1) is 16.7. The fraction of sp³-hybridized carbons (Fsp3) is 0.407. The Morgan fingerprint density at radius 3 is 2.38 bits per heavy atom. The molecule has 2 fully saturated rings. The van der Waals surface area contributed by atoms with E-state index < -0.39 is 0 Å². The van der Waals surface area contributed by atoms with E-state index in [4.69, 9.17) is 9.72 Å². The van der Waals surface area contributed by atoms with Crippen LogP contribution in [0, 0.1) is 6.92 Å². The minimum atomic E-state index is 0.432. The van der Waals surface area contributed by atoms with E-state index >= 15 is 0 Å². The van der Waals surface area contributed by atoms with Gasteiger partial charge in [-0.1, -0.05) is 30.3 Å². The maximum atomic E-state index is 5.45. The summed E-state index contributed by atoms with van der Waals surface area (Å²) >= 11 is 0. The summed E-state index contributed by atoms with van der Waals surface area (Å²) in [5.41, 5.74) is 4.54. The number of anilines is 4. The second-order valence-electron chi connectivity index (χ2n) is 9.17. The van der Waals surface area contributed by atoms with Crippen molar-refractivity contribution in [3.8, 4) is 0 Å². The summed E-state index contributed by atoms with van der Waals surface area (Å²) in [4.78, 5) is 14.2. The van der Waals surface area contributed by atoms with Gasteiger partial charge in [0.1, 0.15) is 5.82 Å². The normalized spacial score (nSPS) is 17.5. The zero-order chi connectivity index (χ0) is 23.2. The van der Waals surface area contributed by atoms with E-state index in [0.717, 1.165) is 76.0 Å². The quantitative estimate of drug-likeness (QED) is 0.543. The molecule has 2 aliphatic heterocycles. The number of rotatable bonds is 7. The molecule has 0 saturated carbocycles. The van der Waals surface area contributed by atoms with Gasteiger partial charge in [-0.3, -0.25) is 4.90 Å². The third kappa shape index (κ3) is 6.04. The van der Waals surface area contributed by atoms with Crippen LogP contribution in [-0.2, 0) is 11.3 Å². The predicted molar refractivity (Wildman–Crippen MR) is 138 cm³/mol. The lowest BCUT2D eigenvalue weighted by molar-refractivity contribution is 0.122. The molecule has 0 aliphatic carbocycles. The Morgan fingerprint density at radius 2 is 1.65 bits per heavy atom. The lowest BCUT2D eigenvalue weighted by Crippen LogP contribution is -2.38. The fourth-order valence-electron chi connectivity index (χ4n) is 4.69. The van der Waals surface area contributed by atoms with E-state index in [1.54, 1.807) is 0 Å². The van der Waals surface area contributed by atoms with Crippen molar-refractivity contribution in [3.05, 3.63) is 71.9 Å². The van der Waals surface area contributed by atoms with Gasteiger partial charge in [0.05, 0.1) is 13.2 Å². The molecule has 7 heteroatoms. The minimum Gasteiger partial charge on any atom is -0.378 e. The molecule has 34 heavy (non-hydrogen) atoms. The standard InChI is InChI=1S/C27H34N6O/c1-21-19-26(29-24-11-13-32(14-12-24)20-22-5-3-2-4-6-22)31-27(28-21)30-23-7-9-25(10-8-23)33-15-17-34-18-16-33/h2-10,19,24H,11-18,20H2,1H3,(H2,28,29,30,31). The van der Waals surface area contributed by atoms with Gasteiger partial charge in [-0.2, -0.15) is 4.98 Å². The van der Waals surface area contributed by atoms with Crippen molar-refractivity contribution in [1.82, 2.24) is 14.9 Å². The number of nitrogens with one attached hydrogen (secondary N) is 2. The van der Waals surface area contributed by atoms with Crippen molar-refractivity contribution >= 4 is 23.1 Å². The molecule has 0 amide bonds. The Hall–Kier alpha value is -3.16. The zero-order valence-corrected chi connectivity index (χ0v) is 19.9. The van der Waals surface area contributed by atoms with E-state index in [1.165, 1.54) is 11.3 Å². The number of aromatic nitrogens is 2. The van der Waals surface area contributed by atoms with Crippen LogP contribution in [0.3, 0.4) is 0 Å². The average molecular weight is 459 g/mol. The zero-order valence-electron chi connectivity index (χ0n) is 19.9. The van der Waals surface area contributed by atoms with Gasteiger partial charge in [0.25, 0.3) is 0 Å². The number of piperidine rings is 1. The number of likely N-dealkylation sites (tertiary alicyclic amines) is 1. The van der Waals surface area contributed by atoms with Crippen LogP contribution in [0.15, 0.2) is 60.7 Å². The summed E-state index contributed by atoms with van der Waals surface area (Å²) in [6, 6.07) is 21.7. The van der Waals surface area contributed by atoms with Crippen molar-refractivity contribution in [2.45, 2.75) is 32.4 Å². The molecule has 3 aromatic rings. The first kappa shape index (κ1) is 22.6. The number of hydrogen-bond acceptors (Lipinski definition) is 7. The maximum absolute atomic E-state index is 5.45. The Labute approximate surface area is 202 Å². The Morgan fingerprint density at radius 1 is 0.912 bits per heavy atom. The Balaban J connectivity index is 1.16. The minimum absolute atomic E-state index is 0.432. The van der Waals surface area contributed by atoms with Crippen molar-refractivity contribution in [1.29, 1.82) is 0 Å². The fourth-order valence-corrected chi connectivity index (χ4v) is 4.69. The van der Waals surface area contributed by atoms with E-state index in [1.807, 2.05) is 13.0 Å². The first-order valence-electron chi connectivity index (χ1n) is 12.3. The highest BCUT2D eigenvalue weighted by Gasteiger charge is 2.20. The molecule has 0 spiro atoms. The highest BCUT2D eigenvalue weighted by atomic mass is 16.5. The molecule has 0 atom stereocenters. The lowest BCUT2D eigenvalue weighted by atomic mass is 10.0. The summed E-state index contributed by atoms with van der Waals surface area (Å²) in [5, 5.41) is 7.02. The van der Waals surface area contributed by atoms with Crippen LogP contribution in [0.4, 0.5) is 23.1 Å². The third-order valence-corrected chi connectivity index (χ3v) is 6.54. The molecule has 2 aromatic carbocycles. The summed E-state index contributed by atoms with van der Waals surface area (Å²) < 4.78 is 5.45. The number of aryl methyl sites for hydroxylation is 1. The number of morpholine rings is 1. The van der Waals surface area contributed by atoms with Gasteiger partial charge in [-0.15, -0.1) is 0 Å². The van der Waals surface area contributed by atoms with Gasteiger partial charge in [0.2, 0.25) is 5.95 Å². The van der Waals surface area contributed by atoms with Gasteiger partial charge in [0.15, 0.2) is 0 Å². The van der Waals surface area contributed by atoms with Crippen LogP contribution in [0.5, 0.6) is 0 Å². The van der Waals surface area contributed by atoms with Gasteiger partial charge in [-0.25, -0.2) is 4.98 Å². The van der Waals surface area contributed by atoms with E-state index in [2.05, 4.69) is 80.0 Å². The molecule has 0 unspecified atom stereocenters. The number of hydrogen-bond donors (Lipinski definition) is 2. The van der Waals surface area contributed by atoms with Gasteiger partial charge in [0, 0.05) is 61.9 Å². The Kier molecular flexibility index (Phi) is 7.22. The number of benzene rings is 2. The lowest BCUT2D eigenvalue weighted by Gasteiger charge is -2.32. The molecule has 3 heterocycles. The smallest absolute Gasteiger partial charge is 0.229 e. The van der Waals surface area contributed by atoms with E-state index in [9.17, 15) is 0 Å². The molecule has 2 saturated heterocycles. The SMILES string of the molecule is Cc1cc(NC2CCN(Cc3ccccc3)CC2)nc(Nc2ccc(N3CCOCC3)cc2)n1. The van der Waals surface area contributed by atoms with Crippen molar-refractivity contribution < 1.29 is 4.74 Å². The van der Waals surface area contributed by atoms with Crippen molar-refractivity contribution in [2.24, 2.45) is 0 Å². The van der Waals surface area contributed by atoms with E-state index in [0.29, 0.717) is 12.0 Å². The van der Waals surface area contributed by atoms with Crippen molar-refractivity contribution in [3.63, 3.8) is 0 Å². The molecular weight excluding hydrogens is 424 g/mol. The molecule has 2 aliphatic rings. The molecule has 1 aromatic heterocycles. The summed E-state index contributed by atoms with van der Waals surface area (Å²) in [6.07, 6.45) is 2.23. The molecule has 0 bridgehead atoms. The highest BCUT2D eigenvalue weighted by molar-refractivity contribution is 5.60. The molecular formula is C27H34N6O. The van der Waals surface area contributed by atoms with Gasteiger partial charge < -0.3 is 20.3 Å². The predicted octanol–water partition coefficient (Wildman–Crippen LogP) is 4.44. The van der Waals surface area contributed by atoms with Crippen LogP contribution in [0.2, 0.25) is 0 Å². The van der Waals surface area contributed by atoms with Crippen LogP contribution in [-0.4, -0.2) is 60.3 Å². The number of nitrogens with zero attached hydrogens (tertiary/aromatic N) is 4. The maximum Gasteiger partial charge on any atom is 0.229 e. The highest BCUT2D eigenvalue weighted by Crippen LogP contribution is 2.23. The second kappa shape index (κ2) is 10.8. The van der Waals surface area contributed by atoms with Crippen molar-refractivity contribution in [2.75, 3.05) is 54.9 Å². The van der Waals surface area contributed by atoms with Crippen LogP contribution >= 0.6 is 0 Å². The summed E-state index contributed by atoms with van der Waals surface area (Å²) in [7, 11) is 0. The average Bonchev–Trinajstić information content (AvgIpc) is 2.87. The monoisotopic (exact) mass is 458 g/mol. The van der Waals surface area contributed by atoms with Crippen LogP contribution in [0.25, 0.3) is 0 Å². The molecule has 178 valence electrons. The summed E-state index contributed by atoms with van der Waals surface area (Å²) in [5.74, 6) is 1.52. The molecule has 0 radical (unpaired) electrons. The van der Waals surface area contributed by atoms with Crippen LogP contribution in [0.1, 0.15) is 24.1 Å². The molecule has 7 nitrogen and oxygen atoms in total. The third-order valence-electron chi connectivity index (χ3n) is 6.54. The topological polar surface area (TPSA) is 65.5 Å². The largest absolute Gasteiger partial charge is 0.378 e. The summed E-state index contributed by atoms with van der Waals surface area (Å²) in [6.45, 7) is 8.69. The van der Waals surface area contributed by atoms with Gasteiger partial charge >= 0.3 is 0 Å². The number of ether oxygens (including phenoxy) is 1. The van der Waals surface area contributed by atoms with Crippen LogP contribution < -0.4 is 15.5 Å². The molecule has 2 N–H and O–H groups in total.